The molecule has 1 aliphatic heterocycles. The van der Waals surface area contributed by atoms with E-state index in [1.54, 1.807) is 0 Å². The van der Waals surface area contributed by atoms with E-state index in [0.717, 1.165) is 36.1 Å². The van der Waals surface area contributed by atoms with Gasteiger partial charge < -0.3 is 10.6 Å². The van der Waals surface area contributed by atoms with E-state index in [1.165, 1.54) is 11.1 Å². The number of aromatic nitrogens is 2. The number of rotatable bonds is 1. The van der Waals surface area contributed by atoms with Crippen LogP contribution in [-0.4, -0.2) is 9.97 Å². The van der Waals surface area contributed by atoms with Gasteiger partial charge in [0, 0.05) is 30.2 Å². The zero-order valence-corrected chi connectivity index (χ0v) is 10.6. The lowest BCUT2D eigenvalue weighted by Crippen LogP contribution is -2.18. The van der Waals surface area contributed by atoms with Crippen LogP contribution in [0.15, 0.2) is 24.3 Å². The van der Waals surface area contributed by atoms with Crippen molar-refractivity contribution in [2.24, 2.45) is 0 Å². The maximum absolute atomic E-state index is 5.81. The molecule has 0 bridgehead atoms. The molecule has 1 aliphatic rings. The first-order valence-corrected chi connectivity index (χ1v) is 6.06. The first-order chi connectivity index (χ1) is 8.61. The molecule has 0 amide bonds. The number of nitrogens with two attached hydrogens (primary N) is 1. The van der Waals surface area contributed by atoms with Gasteiger partial charge in [-0.25, -0.2) is 9.97 Å². The number of nitrogens with zero attached hydrogens (tertiary/aromatic N) is 3. The number of fused-ring (bicyclic) bond motifs is 1. The molecule has 92 valence electrons. The zero-order chi connectivity index (χ0) is 12.7. The predicted octanol–water partition coefficient (Wildman–Crippen LogP) is 2.20. The van der Waals surface area contributed by atoms with Crippen molar-refractivity contribution in [1.29, 1.82) is 0 Å². The van der Waals surface area contributed by atoms with Gasteiger partial charge in [0.25, 0.3) is 0 Å². The normalized spacial score (nSPS) is 13.8. The summed E-state index contributed by atoms with van der Waals surface area (Å²) in [5.41, 5.74) is 11.2. The van der Waals surface area contributed by atoms with Crippen LogP contribution in [0.1, 0.15) is 22.5 Å². The molecule has 0 radical (unpaired) electrons. The topological polar surface area (TPSA) is 55.0 Å². The van der Waals surface area contributed by atoms with E-state index in [4.69, 9.17) is 5.73 Å². The number of aryl methyl sites for hydroxylation is 2. The Morgan fingerprint density at radius 2 is 1.67 bits per heavy atom. The molecule has 0 spiro atoms. The van der Waals surface area contributed by atoms with Gasteiger partial charge in [0.15, 0.2) is 0 Å². The van der Waals surface area contributed by atoms with Crippen LogP contribution in [-0.2, 0) is 13.1 Å². The lowest BCUT2D eigenvalue weighted by molar-refractivity contribution is 0.816. The molecule has 0 atom stereocenters. The van der Waals surface area contributed by atoms with Crippen LogP contribution < -0.4 is 10.6 Å². The zero-order valence-electron chi connectivity index (χ0n) is 10.6. The highest BCUT2D eigenvalue weighted by molar-refractivity contribution is 5.51. The number of benzene rings is 1. The Morgan fingerprint density at radius 1 is 1.00 bits per heavy atom. The van der Waals surface area contributed by atoms with Crippen molar-refractivity contribution in [2.75, 3.05) is 10.6 Å². The van der Waals surface area contributed by atoms with Gasteiger partial charge in [0.05, 0.1) is 0 Å². The number of hydrogen-bond donors (Lipinski definition) is 1. The van der Waals surface area contributed by atoms with Gasteiger partial charge in [-0.2, -0.15) is 0 Å². The highest BCUT2D eigenvalue weighted by Crippen LogP contribution is 2.27. The molecule has 2 aromatic rings. The molecule has 0 saturated heterocycles. The minimum absolute atomic E-state index is 0.808. The van der Waals surface area contributed by atoms with Gasteiger partial charge in [0.1, 0.15) is 0 Å². The molecule has 18 heavy (non-hydrogen) atoms. The van der Waals surface area contributed by atoms with Gasteiger partial charge in [0.2, 0.25) is 5.95 Å². The Labute approximate surface area is 106 Å². The van der Waals surface area contributed by atoms with Gasteiger partial charge in [-0.1, -0.05) is 6.07 Å². The second-order valence-electron chi connectivity index (χ2n) is 4.83. The summed E-state index contributed by atoms with van der Waals surface area (Å²) in [6, 6.07) is 8.07. The van der Waals surface area contributed by atoms with Gasteiger partial charge in [-0.05, 0) is 43.2 Å². The summed E-state index contributed by atoms with van der Waals surface area (Å²) in [7, 11) is 0. The Kier molecular flexibility index (Phi) is 2.44. The molecule has 2 heterocycles. The first kappa shape index (κ1) is 11.0. The summed E-state index contributed by atoms with van der Waals surface area (Å²) in [6.45, 7) is 5.69. The standard InChI is InChI=1S/C14H16N4/c1-9-5-10(2)17-14(16-9)18-7-11-3-4-13(15)6-12(11)8-18/h3-6H,7-8,15H2,1-2H3. The summed E-state index contributed by atoms with van der Waals surface area (Å²) < 4.78 is 0. The van der Waals surface area contributed by atoms with Crippen molar-refractivity contribution in [3.8, 4) is 0 Å². The van der Waals surface area contributed by atoms with E-state index in [1.807, 2.05) is 32.0 Å². The second-order valence-corrected chi connectivity index (χ2v) is 4.83. The molecule has 0 fully saturated rings. The summed E-state index contributed by atoms with van der Waals surface area (Å²) >= 11 is 0. The minimum Gasteiger partial charge on any atom is -0.399 e. The summed E-state index contributed by atoms with van der Waals surface area (Å²) in [5.74, 6) is 0.808. The fourth-order valence-corrected chi connectivity index (χ4v) is 2.40. The monoisotopic (exact) mass is 240 g/mol. The molecular formula is C14H16N4. The lowest BCUT2D eigenvalue weighted by atomic mass is 10.1. The third kappa shape index (κ3) is 1.90. The summed E-state index contributed by atoms with van der Waals surface area (Å²) in [6.07, 6.45) is 0. The third-order valence-electron chi connectivity index (χ3n) is 3.21. The number of hydrogen-bond acceptors (Lipinski definition) is 4. The highest BCUT2D eigenvalue weighted by Gasteiger charge is 2.21. The van der Waals surface area contributed by atoms with Crippen molar-refractivity contribution < 1.29 is 0 Å². The largest absolute Gasteiger partial charge is 0.399 e. The second kappa shape index (κ2) is 3.98. The maximum atomic E-state index is 5.81. The molecule has 4 nitrogen and oxygen atoms in total. The van der Waals surface area contributed by atoms with Crippen molar-refractivity contribution in [2.45, 2.75) is 26.9 Å². The summed E-state index contributed by atoms with van der Waals surface area (Å²) in [5, 5.41) is 0. The molecule has 0 unspecified atom stereocenters. The average molecular weight is 240 g/mol. The van der Waals surface area contributed by atoms with Crippen LogP contribution in [0.25, 0.3) is 0 Å². The van der Waals surface area contributed by atoms with Crippen LogP contribution in [0.2, 0.25) is 0 Å². The van der Waals surface area contributed by atoms with E-state index in [-0.39, 0.29) is 0 Å². The summed E-state index contributed by atoms with van der Waals surface area (Å²) in [4.78, 5) is 11.2. The Hall–Kier alpha value is -2.10. The van der Waals surface area contributed by atoms with Crippen LogP contribution >= 0.6 is 0 Å². The SMILES string of the molecule is Cc1cc(C)nc(N2Cc3ccc(N)cc3C2)n1. The van der Waals surface area contributed by atoms with E-state index in [9.17, 15) is 0 Å². The van der Waals surface area contributed by atoms with E-state index < -0.39 is 0 Å². The van der Waals surface area contributed by atoms with E-state index >= 15 is 0 Å². The van der Waals surface area contributed by atoms with Crippen molar-refractivity contribution in [1.82, 2.24) is 9.97 Å². The molecule has 0 aliphatic carbocycles. The first-order valence-electron chi connectivity index (χ1n) is 6.06. The van der Waals surface area contributed by atoms with Crippen LogP contribution in [0.5, 0.6) is 0 Å². The van der Waals surface area contributed by atoms with Crippen molar-refractivity contribution in [3.63, 3.8) is 0 Å². The molecule has 1 aromatic heterocycles. The predicted molar refractivity (Wildman–Crippen MR) is 72.2 cm³/mol. The highest BCUT2D eigenvalue weighted by atomic mass is 15.3. The van der Waals surface area contributed by atoms with Crippen LogP contribution in [0, 0.1) is 13.8 Å². The van der Waals surface area contributed by atoms with Crippen molar-refractivity contribution in [3.05, 3.63) is 46.8 Å². The van der Waals surface area contributed by atoms with E-state index in [0.29, 0.717) is 0 Å². The Morgan fingerprint density at radius 3 is 2.39 bits per heavy atom. The number of nitrogen functional groups attached to an aromatic ring is 1. The fraction of sp³-hybridized carbons (Fsp3) is 0.286. The number of anilines is 2. The van der Waals surface area contributed by atoms with Crippen LogP contribution in [0.4, 0.5) is 11.6 Å². The van der Waals surface area contributed by atoms with Gasteiger partial charge in [-0.15, -0.1) is 0 Å². The quantitative estimate of drug-likeness (QED) is 0.776. The Bertz CT molecular complexity index is 586. The lowest BCUT2D eigenvalue weighted by Gasteiger charge is -2.15. The average Bonchev–Trinajstić information content (AvgIpc) is 2.70. The fourth-order valence-electron chi connectivity index (χ4n) is 2.40. The smallest absolute Gasteiger partial charge is 0.226 e. The molecule has 2 N–H and O–H groups in total. The van der Waals surface area contributed by atoms with E-state index in [2.05, 4.69) is 20.9 Å². The maximum Gasteiger partial charge on any atom is 0.226 e. The van der Waals surface area contributed by atoms with Gasteiger partial charge in [-0.3, -0.25) is 0 Å². The molecular weight excluding hydrogens is 224 g/mol. The Balaban J connectivity index is 1.93. The van der Waals surface area contributed by atoms with Crippen LogP contribution in [0.3, 0.4) is 0 Å². The molecule has 0 saturated carbocycles. The molecule has 3 rings (SSSR count). The van der Waals surface area contributed by atoms with Gasteiger partial charge >= 0.3 is 0 Å². The van der Waals surface area contributed by atoms with Crippen molar-refractivity contribution >= 4 is 11.6 Å². The molecule has 4 heteroatoms. The third-order valence-corrected chi connectivity index (χ3v) is 3.21. The molecule has 1 aromatic carbocycles. The minimum atomic E-state index is 0.808.